The van der Waals surface area contributed by atoms with Crippen LogP contribution in [0, 0.1) is 6.92 Å². The Morgan fingerprint density at radius 1 is 1.16 bits per heavy atom. The maximum Gasteiger partial charge on any atom is 0.328 e. The largest absolute Gasteiger partial charge is 0.478 e. The molecule has 4 rings (SSSR count). The summed E-state index contributed by atoms with van der Waals surface area (Å²) in [6.45, 7) is 2.02. The molecule has 1 aliphatic carbocycles. The summed E-state index contributed by atoms with van der Waals surface area (Å²) in [4.78, 5) is 15.8. The first kappa shape index (κ1) is 15.6. The van der Waals surface area contributed by atoms with Crippen molar-refractivity contribution < 1.29 is 9.90 Å². The van der Waals surface area contributed by atoms with E-state index in [0.29, 0.717) is 0 Å². The monoisotopic (exact) mass is 332 g/mol. The van der Waals surface area contributed by atoms with Crippen LogP contribution in [0.25, 0.3) is 23.0 Å². The van der Waals surface area contributed by atoms with Gasteiger partial charge < -0.3 is 5.11 Å². The molecule has 0 spiro atoms. The fourth-order valence-corrected chi connectivity index (χ4v) is 3.57. The standard InChI is InChI=1S/C21H20N2O2/c1-14-6-10-19-22-21(18(23(19)13-14)9-11-20(24)25)17-8-7-15-4-2-3-5-16(15)12-17/h6-13H,2-5H2,1H3,(H,24,25)/b11-9+. The van der Waals surface area contributed by atoms with Gasteiger partial charge in [-0.2, -0.15) is 0 Å². The molecular formula is C21H20N2O2. The zero-order chi connectivity index (χ0) is 17.4. The van der Waals surface area contributed by atoms with Gasteiger partial charge in [-0.25, -0.2) is 9.78 Å². The zero-order valence-electron chi connectivity index (χ0n) is 14.2. The fourth-order valence-electron chi connectivity index (χ4n) is 3.57. The van der Waals surface area contributed by atoms with Crippen LogP contribution in [-0.2, 0) is 17.6 Å². The molecule has 0 bridgehead atoms. The van der Waals surface area contributed by atoms with Crippen molar-refractivity contribution in [1.82, 2.24) is 9.38 Å². The second-order valence-electron chi connectivity index (χ2n) is 6.64. The summed E-state index contributed by atoms with van der Waals surface area (Å²) in [7, 11) is 0. The van der Waals surface area contributed by atoms with Gasteiger partial charge >= 0.3 is 5.97 Å². The van der Waals surface area contributed by atoms with Crippen LogP contribution in [0.1, 0.15) is 35.2 Å². The lowest BCUT2D eigenvalue weighted by molar-refractivity contribution is -0.131. The Morgan fingerprint density at radius 2 is 1.96 bits per heavy atom. The van der Waals surface area contributed by atoms with E-state index in [1.54, 1.807) is 6.08 Å². The van der Waals surface area contributed by atoms with Crippen LogP contribution < -0.4 is 0 Å². The predicted molar refractivity (Wildman–Crippen MR) is 98.7 cm³/mol. The number of benzene rings is 1. The molecule has 4 heteroatoms. The molecular weight excluding hydrogens is 312 g/mol. The van der Waals surface area contributed by atoms with Crippen molar-refractivity contribution in [2.75, 3.05) is 0 Å². The van der Waals surface area contributed by atoms with Crippen LogP contribution in [0.5, 0.6) is 0 Å². The molecule has 1 aliphatic rings. The van der Waals surface area contributed by atoms with Crippen molar-refractivity contribution >= 4 is 17.7 Å². The minimum absolute atomic E-state index is 0.803. The summed E-state index contributed by atoms with van der Waals surface area (Å²) >= 11 is 0. The smallest absolute Gasteiger partial charge is 0.328 e. The topological polar surface area (TPSA) is 54.6 Å². The van der Waals surface area contributed by atoms with Gasteiger partial charge in [0.2, 0.25) is 0 Å². The van der Waals surface area contributed by atoms with Crippen LogP contribution >= 0.6 is 0 Å². The minimum Gasteiger partial charge on any atom is -0.478 e. The number of rotatable bonds is 3. The number of carboxylic acids is 1. The second kappa shape index (κ2) is 6.20. The lowest BCUT2D eigenvalue weighted by Crippen LogP contribution is -2.02. The summed E-state index contributed by atoms with van der Waals surface area (Å²) in [5.41, 5.74) is 7.43. The second-order valence-corrected chi connectivity index (χ2v) is 6.64. The molecule has 0 fully saturated rings. The van der Waals surface area contributed by atoms with Crippen LogP contribution in [-0.4, -0.2) is 20.5 Å². The molecule has 2 heterocycles. The van der Waals surface area contributed by atoms with E-state index in [1.807, 2.05) is 29.7 Å². The third-order valence-corrected chi connectivity index (χ3v) is 4.81. The number of nitrogens with zero attached hydrogens (tertiary/aromatic N) is 2. The summed E-state index contributed by atoms with van der Waals surface area (Å²) in [6.07, 6.45) is 9.54. The van der Waals surface area contributed by atoms with E-state index in [2.05, 4.69) is 18.2 Å². The number of pyridine rings is 1. The maximum atomic E-state index is 11.0. The zero-order valence-corrected chi connectivity index (χ0v) is 14.2. The molecule has 25 heavy (non-hydrogen) atoms. The van der Waals surface area contributed by atoms with Crippen molar-refractivity contribution in [3.8, 4) is 11.3 Å². The maximum absolute atomic E-state index is 11.0. The average molecular weight is 332 g/mol. The van der Waals surface area contributed by atoms with Crippen molar-refractivity contribution in [1.29, 1.82) is 0 Å². The summed E-state index contributed by atoms with van der Waals surface area (Å²) < 4.78 is 1.96. The number of hydrogen-bond acceptors (Lipinski definition) is 2. The molecule has 0 unspecified atom stereocenters. The number of hydrogen-bond donors (Lipinski definition) is 1. The summed E-state index contributed by atoms with van der Waals surface area (Å²) in [6, 6.07) is 10.5. The first-order valence-corrected chi connectivity index (χ1v) is 8.64. The van der Waals surface area contributed by atoms with Crippen molar-refractivity contribution in [2.24, 2.45) is 0 Å². The van der Waals surface area contributed by atoms with Crippen LogP contribution in [0.3, 0.4) is 0 Å². The molecule has 0 radical (unpaired) electrons. The predicted octanol–water partition coefficient (Wildman–Crippen LogP) is 4.29. The van der Waals surface area contributed by atoms with Crippen LogP contribution in [0.15, 0.2) is 42.6 Å². The van der Waals surface area contributed by atoms with Gasteiger partial charge in [0.05, 0.1) is 11.4 Å². The van der Waals surface area contributed by atoms with Gasteiger partial charge in [-0.1, -0.05) is 18.2 Å². The van der Waals surface area contributed by atoms with Crippen LogP contribution in [0.4, 0.5) is 0 Å². The molecule has 126 valence electrons. The molecule has 2 aromatic heterocycles. The highest BCUT2D eigenvalue weighted by atomic mass is 16.4. The van der Waals surface area contributed by atoms with Gasteiger partial charge in [0.25, 0.3) is 0 Å². The Kier molecular flexibility index (Phi) is 3.88. The normalized spacial score (nSPS) is 14.1. The lowest BCUT2D eigenvalue weighted by Gasteiger charge is -2.16. The van der Waals surface area contributed by atoms with E-state index in [9.17, 15) is 4.79 Å². The molecule has 1 aromatic carbocycles. The molecule has 0 amide bonds. The molecule has 0 atom stereocenters. The Bertz CT molecular complexity index is 999. The van der Waals surface area contributed by atoms with E-state index in [-0.39, 0.29) is 0 Å². The number of imidazole rings is 1. The highest BCUT2D eigenvalue weighted by molar-refractivity contribution is 5.87. The quantitative estimate of drug-likeness (QED) is 0.728. The highest BCUT2D eigenvalue weighted by Crippen LogP contribution is 2.30. The number of aryl methyl sites for hydroxylation is 3. The van der Waals surface area contributed by atoms with E-state index >= 15 is 0 Å². The van der Waals surface area contributed by atoms with E-state index in [4.69, 9.17) is 10.1 Å². The first-order valence-electron chi connectivity index (χ1n) is 8.64. The van der Waals surface area contributed by atoms with Gasteiger partial charge in [0.1, 0.15) is 5.65 Å². The van der Waals surface area contributed by atoms with Gasteiger partial charge in [0.15, 0.2) is 0 Å². The number of aromatic nitrogens is 2. The van der Waals surface area contributed by atoms with Crippen molar-refractivity contribution in [3.05, 3.63) is 65.0 Å². The number of fused-ring (bicyclic) bond motifs is 2. The molecule has 0 aliphatic heterocycles. The molecule has 0 saturated heterocycles. The number of carbonyl (C=O) groups is 1. The Labute approximate surface area is 146 Å². The van der Waals surface area contributed by atoms with Crippen LogP contribution in [0.2, 0.25) is 0 Å². The highest BCUT2D eigenvalue weighted by Gasteiger charge is 2.15. The van der Waals surface area contributed by atoms with Crippen molar-refractivity contribution in [2.45, 2.75) is 32.6 Å². The number of carboxylic acid groups (broad SMARTS) is 1. The van der Waals surface area contributed by atoms with Gasteiger partial charge in [-0.15, -0.1) is 0 Å². The Balaban J connectivity index is 1.91. The molecule has 3 aromatic rings. The van der Waals surface area contributed by atoms with Gasteiger partial charge in [-0.05, 0) is 67.5 Å². The first-order chi connectivity index (χ1) is 12.1. The Hall–Kier alpha value is -2.88. The lowest BCUT2D eigenvalue weighted by atomic mass is 9.90. The SMILES string of the molecule is Cc1ccc2nc(-c3ccc4c(c3)CCCC4)c(/C=C/C(=O)O)n2c1. The summed E-state index contributed by atoms with van der Waals surface area (Å²) in [5, 5.41) is 9.04. The third-order valence-electron chi connectivity index (χ3n) is 4.81. The molecule has 4 nitrogen and oxygen atoms in total. The molecule has 1 N–H and O–H groups in total. The van der Waals surface area contributed by atoms with Crippen molar-refractivity contribution in [3.63, 3.8) is 0 Å². The van der Waals surface area contributed by atoms with E-state index in [1.165, 1.54) is 30.0 Å². The minimum atomic E-state index is -0.959. The Morgan fingerprint density at radius 3 is 2.76 bits per heavy atom. The fraction of sp³-hybridized carbons (Fsp3) is 0.238. The van der Waals surface area contributed by atoms with E-state index in [0.717, 1.165) is 41.0 Å². The number of aliphatic carboxylic acids is 1. The van der Waals surface area contributed by atoms with Gasteiger partial charge in [0, 0.05) is 17.8 Å². The average Bonchev–Trinajstić information content (AvgIpc) is 2.97. The third kappa shape index (κ3) is 2.95. The van der Waals surface area contributed by atoms with E-state index < -0.39 is 5.97 Å². The van der Waals surface area contributed by atoms with Gasteiger partial charge in [-0.3, -0.25) is 4.40 Å². The summed E-state index contributed by atoms with van der Waals surface area (Å²) in [5.74, 6) is -0.959. The molecule has 0 saturated carbocycles.